The zero-order valence-electron chi connectivity index (χ0n) is 16.9. The van der Waals surface area contributed by atoms with Gasteiger partial charge in [0.1, 0.15) is 16.2 Å². The van der Waals surface area contributed by atoms with E-state index in [1.165, 1.54) is 0 Å². The van der Waals surface area contributed by atoms with Gasteiger partial charge in [0.15, 0.2) is 5.65 Å². The average Bonchev–Trinajstić information content (AvgIpc) is 3.01. The molecule has 156 valence electrons. The highest BCUT2D eigenvalue weighted by atomic mass is 32.2. The van der Waals surface area contributed by atoms with Crippen molar-refractivity contribution >= 4 is 37.9 Å². The fourth-order valence-electron chi connectivity index (χ4n) is 3.44. The molecule has 0 radical (unpaired) electrons. The summed E-state index contributed by atoms with van der Waals surface area (Å²) in [4.78, 5) is 9.51. The Hall–Kier alpha value is -2.97. The second-order valence-electron chi connectivity index (χ2n) is 7.34. The topological polar surface area (TPSA) is 100 Å². The quantitative estimate of drug-likeness (QED) is 0.453. The first kappa shape index (κ1) is 20.3. The fraction of sp³-hybridized carbons (Fsp3) is 0.273. The number of nitrogens with zero attached hydrogens (tertiary/aromatic N) is 3. The van der Waals surface area contributed by atoms with Crippen LogP contribution in [0.25, 0.3) is 22.2 Å². The minimum absolute atomic E-state index is 0.00623. The number of nitrogens with two attached hydrogens (primary N) is 1. The van der Waals surface area contributed by atoms with Gasteiger partial charge >= 0.3 is 0 Å². The second kappa shape index (κ2) is 8.04. The molecule has 0 aliphatic carbocycles. The summed E-state index contributed by atoms with van der Waals surface area (Å²) in [5.74, 6) is 0.147. The van der Waals surface area contributed by atoms with Crippen molar-refractivity contribution in [3.05, 3.63) is 54.6 Å². The van der Waals surface area contributed by atoms with E-state index in [1.807, 2.05) is 38.1 Å². The number of ether oxygens (including phenoxy) is 1. The maximum Gasteiger partial charge on any atom is 0.212 e. The van der Waals surface area contributed by atoms with E-state index >= 15 is 0 Å². The van der Waals surface area contributed by atoms with Gasteiger partial charge in [-0.05, 0) is 44.5 Å². The van der Waals surface area contributed by atoms with E-state index in [2.05, 4.69) is 4.98 Å². The van der Waals surface area contributed by atoms with Crippen LogP contribution < -0.4 is 5.73 Å². The first-order valence-electron chi connectivity index (χ1n) is 9.86. The molecule has 0 bridgehead atoms. The summed E-state index contributed by atoms with van der Waals surface area (Å²) in [6, 6.07) is 15.6. The van der Waals surface area contributed by atoms with Crippen molar-refractivity contribution in [2.75, 3.05) is 12.3 Å². The Morgan fingerprint density at radius 3 is 2.30 bits per heavy atom. The lowest BCUT2D eigenvalue weighted by Crippen LogP contribution is -2.11. The zero-order chi connectivity index (χ0) is 21.3. The lowest BCUT2D eigenvalue weighted by atomic mass is 10.3. The molecule has 0 saturated carbocycles. The molecule has 7 nitrogen and oxygen atoms in total. The minimum Gasteiger partial charge on any atom is -0.384 e. The van der Waals surface area contributed by atoms with Crippen LogP contribution in [0.15, 0.2) is 64.4 Å². The van der Waals surface area contributed by atoms with Crippen LogP contribution >= 0.6 is 0 Å². The summed E-state index contributed by atoms with van der Waals surface area (Å²) in [6.07, 6.45) is 0.799. The maximum atomic E-state index is 13.5. The number of hydrogen-bond acceptors (Lipinski definition) is 6. The van der Waals surface area contributed by atoms with Gasteiger partial charge in [-0.3, -0.25) is 0 Å². The number of hydrogen-bond donors (Lipinski definition) is 1. The summed E-state index contributed by atoms with van der Waals surface area (Å²) in [5, 5.41) is 0. The molecule has 0 saturated heterocycles. The van der Waals surface area contributed by atoms with Crippen molar-refractivity contribution in [2.24, 2.45) is 0 Å². The van der Waals surface area contributed by atoms with Gasteiger partial charge in [0.25, 0.3) is 0 Å². The molecule has 8 heteroatoms. The van der Waals surface area contributed by atoms with Crippen molar-refractivity contribution in [3.8, 4) is 0 Å². The first-order chi connectivity index (χ1) is 14.4. The Bertz CT molecular complexity index is 1300. The molecule has 30 heavy (non-hydrogen) atoms. The van der Waals surface area contributed by atoms with Gasteiger partial charge in [-0.1, -0.05) is 30.3 Å². The monoisotopic (exact) mass is 424 g/mol. The Kier molecular flexibility index (Phi) is 5.44. The van der Waals surface area contributed by atoms with Crippen LogP contribution in [-0.4, -0.2) is 35.7 Å². The van der Waals surface area contributed by atoms with Crippen LogP contribution in [0.3, 0.4) is 0 Å². The third-order valence-electron chi connectivity index (χ3n) is 4.85. The molecular weight excluding hydrogens is 400 g/mol. The molecule has 2 heterocycles. The van der Waals surface area contributed by atoms with Gasteiger partial charge in [-0.25, -0.2) is 18.4 Å². The van der Waals surface area contributed by atoms with Gasteiger partial charge in [-0.2, -0.15) is 0 Å². The normalized spacial score (nSPS) is 12.2. The van der Waals surface area contributed by atoms with Crippen molar-refractivity contribution < 1.29 is 13.2 Å². The Morgan fingerprint density at radius 1 is 1.00 bits per heavy atom. The Labute approximate surface area is 175 Å². The highest BCUT2D eigenvalue weighted by molar-refractivity contribution is 7.92. The van der Waals surface area contributed by atoms with E-state index in [4.69, 9.17) is 15.5 Å². The van der Waals surface area contributed by atoms with Crippen LogP contribution in [-0.2, 0) is 21.1 Å². The molecule has 2 N–H and O–H groups in total. The molecule has 0 atom stereocenters. The maximum absolute atomic E-state index is 13.5. The van der Waals surface area contributed by atoms with Crippen molar-refractivity contribution in [2.45, 2.75) is 42.7 Å². The summed E-state index contributed by atoms with van der Waals surface area (Å²) in [6.45, 7) is 4.97. The van der Waals surface area contributed by atoms with Gasteiger partial charge in [-0.15, -0.1) is 0 Å². The smallest absolute Gasteiger partial charge is 0.212 e. The number of anilines is 1. The lowest BCUT2D eigenvalue weighted by molar-refractivity contribution is 0.0751. The lowest BCUT2D eigenvalue weighted by Gasteiger charge is -2.10. The van der Waals surface area contributed by atoms with E-state index in [1.54, 1.807) is 34.9 Å². The molecular formula is C22H24N4O3S. The number of aryl methyl sites for hydroxylation is 1. The largest absolute Gasteiger partial charge is 0.384 e. The predicted molar refractivity (Wildman–Crippen MR) is 117 cm³/mol. The molecule has 2 aromatic carbocycles. The number of rotatable bonds is 7. The van der Waals surface area contributed by atoms with Crippen LogP contribution in [0, 0.1) is 0 Å². The summed E-state index contributed by atoms with van der Waals surface area (Å²) in [5.41, 5.74) is 8.47. The third kappa shape index (κ3) is 3.64. The van der Waals surface area contributed by atoms with Crippen LogP contribution in [0.2, 0.25) is 0 Å². The predicted octanol–water partition coefficient (Wildman–Crippen LogP) is 3.81. The molecule has 0 unspecified atom stereocenters. The van der Waals surface area contributed by atoms with Crippen molar-refractivity contribution in [1.82, 2.24) is 14.5 Å². The first-order valence-corrected chi connectivity index (χ1v) is 11.3. The Balaban J connectivity index is 1.91. The molecule has 4 rings (SSSR count). The van der Waals surface area contributed by atoms with Crippen LogP contribution in [0.1, 0.15) is 20.3 Å². The van der Waals surface area contributed by atoms with Gasteiger partial charge < -0.3 is 15.0 Å². The highest BCUT2D eigenvalue weighted by Gasteiger charge is 2.29. The van der Waals surface area contributed by atoms with Crippen molar-refractivity contribution in [1.29, 1.82) is 0 Å². The summed E-state index contributed by atoms with van der Waals surface area (Å²) < 4.78 is 34.3. The van der Waals surface area contributed by atoms with E-state index < -0.39 is 9.84 Å². The SMILES string of the molecule is CC(C)OCCCn1c(N)c(S(=O)(=O)c2ccccc2)c2nc3ccccc3nc21. The number of fused-ring (bicyclic) bond motifs is 2. The van der Waals surface area contributed by atoms with Crippen molar-refractivity contribution in [3.63, 3.8) is 0 Å². The zero-order valence-corrected chi connectivity index (χ0v) is 17.8. The molecule has 0 fully saturated rings. The number of aromatic nitrogens is 3. The molecule has 0 amide bonds. The second-order valence-corrected chi connectivity index (χ2v) is 9.23. The van der Waals surface area contributed by atoms with Crippen LogP contribution in [0.5, 0.6) is 0 Å². The molecule has 0 aliphatic heterocycles. The third-order valence-corrected chi connectivity index (χ3v) is 6.68. The standard InChI is InChI=1S/C22H24N4O3S/c1-15(2)29-14-8-13-26-21(23)20(30(27,28)16-9-4-3-5-10-16)19-22(26)25-18-12-7-6-11-17(18)24-19/h3-7,9-12,15H,8,13-14,23H2,1-2H3. The molecule has 4 aromatic rings. The number of para-hydroxylation sites is 2. The molecule has 0 spiro atoms. The van der Waals surface area contributed by atoms with E-state index in [-0.39, 0.29) is 21.7 Å². The summed E-state index contributed by atoms with van der Waals surface area (Å²) in [7, 11) is -3.87. The highest BCUT2D eigenvalue weighted by Crippen LogP contribution is 2.35. The number of benzene rings is 2. The van der Waals surface area contributed by atoms with E-state index in [9.17, 15) is 8.42 Å². The van der Waals surface area contributed by atoms with Gasteiger partial charge in [0.05, 0.1) is 22.0 Å². The van der Waals surface area contributed by atoms with E-state index in [0.717, 1.165) is 0 Å². The van der Waals surface area contributed by atoms with E-state index in [0.29, 0.717) is 41.8 Å². The average molecular weight is 425 g/mol. The molecule has 0 aliphatic rings. The van der Waals surface area contributed by atoms with Crippen LogP contribution in [0.4, 0.5) is 5.82 Å². The fourth-order valence-corrected chi connectivity index (χ4v) is 4.97. The summed E-state index contributed by atoms with van der Waals surface area (Å²) >= 11 is 0. The van der Waals surface area contributed by atoms with Gasteiger partial charge in [0, 0.05) is 13.2 Å². The Morgan fingerprint density at radius 2 is 1.63 bits per heavy atom. The number of sulfone groups is 1. The number of nitrogen functional groups attached to an aromatic ring is 1. The van der Waals surface area contributed by atoms with Gasteiger partial charge in [0.2, 0.25) is 9.84 Å². The minimum atomic E-state index is -3.87. The molecule has 2 aromatic heterocycles.